The minimum absolute atomic E-state index is 0.0597. The number of thioether (sulfide) groups is 1. The first kappa shape index (κ1) is 23.7. The number of benzene rings is 3. The summed E-state index contributed by atoms with van der Waals surface area (Å²) in [4.78, 5) is 27.3. The van der Waals surface area contributed by atoms with Crippen molar-refractivity contribution in [2.75, 3.05) is 20.0 Å². The van der Waals surface area contributed by atoms with Crippen LogP contribution in [0.1, 0.15) is 45.4 Å². The molecule has 4 rings (SSSR count). The van der Waals surface area contributed by atoms with Crippen molar-refractivity contribution >= 4 is 23.6 Å². The molecule has 1 saturated heterocycles. The van der Waals surface area contributed by atoms with Crippen LogP contribution >= 0.6 is 11.8 Å². The van der Waals surface area contributed by atoms with Gasteiger partial charge in [0.25, 0.3) is 5.91 Å². The van der Waals surface area contributed by atoms with Crippen LogP contribution in [0.5, 0.6) is 11.5 Å². The molecule has 34 heavy (non-hydrogen) atoms. The van der Waals surface area contributed by atoms with Gasteiger partial charge in [0.15, 0.2) is 11.5 Å². The summed E-state index contributed by atoms with van der Waals surface area (Å²) in [6, 6.07) is 22.9. The van der Waals surface area contributed by atoms with Gasteiger partial charge in [-0.1, -0.05) is 48.5 Å². The predicted octanol–water partition coefficient (Wildman–Crippen LogP) is 4.97. The van der Waals surface area contributed by atoms with Gasteiger partial charge in [0.1, 0.15) is 5.37 Å². The van der Waals surface area contributed by atoms with E-state index in [1.54, 1.807) is 26.0 Å². The van der Waals surface area contributed by atoms with Gasteiger partial charge in [-0.15, -0.1) is 11.8 Å². The lowest BCUT2D eigenvalue weighted by molar-refractivity contribution is -0.128. The minimum Gasteiger partial charge on any atom is -0.493 e. The van der Waals surface area contributed by atoms with Gasteiger partial charge in [0.2, 0.25) is 5.91 Å². The molecule has 2 atom stereocenters. The molecular formula is C27H28N2O4S. The summed E-state index contributed by atoms with van der Waals surface area (Å²) in [5.41, 5.74) is 3.60. The molecule has 7 heteroatoms. The van der Waals surface area contributed by atoms with Crippen molar-refractivity contribution in [3.63, 3.8) is 0 Å². The van der Waals surface area contributed by atoms with E-state index in [1.807, 2.05) is 84.6 Å². The average Bonchev–Trinajstić information content (AvgIpc) is 3.23. The Kier molecular flexibility index (Phi) is 7.43. The highest BCUT2D eigenvalue weighted by molar-refractivity contribution is 8.00. The number of carbonyl (C=O) groups is 2. The summed E-state index contributed by atoms with van der Waals surface area (Å²) in [6.45, 7) is 2.50. The quantitative estimate of drug-likeness (QED) is 0.497. The normalized spacial score (nSPS) is 16.3. The third kappa shape index (κ3) is 5.20. The monoisotopic (exact) mass is 476 g/mol. The lowest BCUT2D eigenvalue weighted by Crippen LogP contribution is -2.28. The van der Waals surface area contributed by atoms with Crippen molar-refractivity contribution < 1.29 is 19.1 Å². The standard InChI is InChI=1S/C27H28N2O4S/c1-18(22-13-14-23(32-2)24(15-22)33-3)28-26(31)20-9-11-21(12-10-20)27-29(25(30)17-34-27)16-19-7-5-4-6-8-19/h4-15,18,27H,16-17H2,1-3H3,(H,28,31)/t18-,27-/m1/s1. The molecule has 3 aromatic rings. The molecule has 0 bridgehead atoms. The van der Waals surface area contributed by atoms with Crippen LogP contribution in [0.2, 0.25) is 0 Å². The number of carbonyl (C=O) groups excluding carboxylic acids is 2. The molecular weight excluding hydrogens is 448 g/mol. The van der Waals surface area contributed by atoms with Crippen molar-refractivity contribution in [3.8, 4) is 11.5 Å². The van der Waals surface area contributed by atoms with Gasteiger partial charge in [-0.2, -0.15) is 0 Å². The summed E-state index contributed by atoms with van der Waals surface area (Å²) in [7, 11) is 3.18. The van der Waals surface area contributed by atoms with Gasteiger partial charge in [0, 0.05) is 12.1 Å². The molecule has 2 amide bonds. The maximum absolute atomic E-state index is 12.9. The molecule has 0 aromatic heterocycles. The zero-order valence-corrected chi connectivity index (χ0v) is 20.3. The lowest BCUT2D eigenvalue weighted by Gasteiger charge is -2.24. The van der Waals surface area contributed by atoms with Crippen LogP contribution in [0.4, 0.5) is 0 Å². The number of methoxy groups -OCH3 is 2. The van der Waals surface area contributed by atoms with Gasteiger partial charge in [-0.3, -0.25) is 9.59 Å². The molecule has 0 unspecified atom stereocenters. The van der Waals surface area contributed by atoms with Gasteiger partial charge >= 0.3 is 0 Å². The molecule has 0 spiro atoms. The lowest BCUT2D eigenvalue weighted by atomic mass is 10.1. The van der Waals surface area contributed by atoms with E-state index in [0.29, 0.717) is 29.4 Å². The maximum atomic E-state index is 12.9. The van der Waals surface area contributed by atoms with E-state index in [1.165, 1.54) is 0 Å². The fraction of sp³-hybridized carbons (Fsp3) is 0.259. The second-order valence-electron chi connectivity index (χ2n) is 8.10. The summed E-state index contributed by atoms with van der Waals surface area (Å²) < 4.78 is 10.6. The van der Waals surface area contributed by atoms with Crippen molar-refractivity contribution in [2.45, 2.75) is 24.9 Å². The highest BCUT2D eigenvalue weighted by atomic mass is 32.2. The molecule has 176 valence electrons. The van der Waals surface area contributed by atoms with Crippen LogP contribution in [0.25, 0.3) is 0 Å². The van der Waals surface area contributed by atoms with Crippen molar-refractivity contribution in [3.05, 3.63) is 95.1 Å². The predicted molar refractivity (Wildman–Crippen MR) is 134 cm³/mol. The largest absolute Gasteiger partial charge is 0.493 e. The van der Waals surface area contributed by atoms with E-state index in [4.69, 9.17) is 9.47 Å². The molecule has 1 aliphatic heterocycles. The number of nitrogens with one attached hydrogen (secondary N) is 1. The highest BCUT2D eigenvalue weighted by Crippen LogP contribution is 2.39. The topological polar surface area (TPSA) is 67.9 Å². The minimum atomic E-state index is -0.212. The summed E-state index contributed by atoms with van der Waals surface area (Å²) in [6.07, 6.45) is 0. The molecule has 1 heterocycles. The average molecular weight is 477 g/mol. The molecule has 0 radical (unpaired) electrons. The van der Waals surface area contributed by atoms with Crippen LogP contribution in [-0.2, 0) is 11.3 Å². The molecule has 1 fully saturated rings. The molecule has 0 saturated carbocycles. The molecule has 0 aliphatic carbocycles. The first-order chi connectivity index (χ1) is 16.5. The summed E-state index contributed by atoms with van der Waals surface area (Å²) in [5.74, 6) is 1.69. The Morgan fingerprint density at radius 3 is 2.41 bits per heavy atom. The molecule has 1 N–H and O–H groups in total. The van der Waals surface area contributed by atoms with Crippen LogP contribution in [0.3, 0.4) is 0 Å². The van der Waals surface area contributed by atoms with Gasteiger partial charge < -0.3 is 19.7 Å². The van der Waals surface area contributed by atoms with Crippen LogP contribution < -0.4 is 14.8 Å². The smallest absolute Gasteiger partial charge is 0.251 e. The first-order valence-electron chi connectivity index (χ1n) is 11.1. The van der Waals surface area contributed by atoms with Crippen LogP contribution in [0, 0.1) is 0 Å². The van der Waals surface area contributed by atoms with E-state index in [0.717, 1.165) is 16.7 Å². The summed E-state index contributed by atoms with van der Waals surface area (Å²) >= 11 is 1.61. The Bertz CT molecular complexity index is 1150. The third-order valence-electron chi connectivity index (χ3n) is 5.88. The number of hydrogen-bond donors (Lipinski definition) is 1. The SMILES string of the molecule is COc1ccc([C@@H](C)NC(=O)c2ccc([C@H]3SCC(=O)N3Cc3ccccc3)cc2)cc1OC. The van der Waals surface area contributed by atoms with Gasteiger partial charge in [0.05, 0.1) is 26.0 Å². The van der Waals surface area contributed by atoms with E-state index >= 15 is 0 Å². The Balaban J connectivity index is 1.43. The van der Waals surface area contributed by atoms with Crippen molar-refractivity contribution in [1.82, 2.24) is 10.2 Å². The van der Waals surface area contributed by atoms with E-state index in [9.17, 15) is 9.59 Å². The summed E-state index contributed by atoms with van der Waals surface area (Å²) in [5, 5.41) is 2.97. The van der Waals surface area contributed by atoms with E-state index in [-0.39, 0.29) is 23.2 Å². The second-order valence-corrected chi connectivity index (χ2v) is 9.17. The molecule has 3 aromatic carbocycles. The highest BCUT2D eigenvalue weighted by Gasteiger charge is 2.32. The molecule has 1 aliphatic rings. The number of hydrogen-bond acceptors (Lipinski definition) is 5. The third-order valence-corrected chi connectivity index (χ3v) is 7.13. The Morgan fingerprint density at radius 1 is 1.03 bits per heavy atom. The Morgan fingerprint density at radius 2 is 1.74 bits per heavy atom. The van der Waals surface area contributed by atoms with E-state index in [2.05, 4.69) is 5.32 Å². The number of amides is 2. The van der Waals surface area contributed by atoms with Crippen molar-refractivity contribution in [2.24, 2.45) is 0 Å². The fourth-order valence-electron chi connectivity index (χ4n) is 3.97. The second kappa shape index (κ2) is 10.7. The van der Waals surface area contributed by atoms with E-state index < -0.39 is 0 Å². The number of rotatable bonds is 8. The van der Waals surface area contributed by atoms with Crippen LogP contribution in [-0.4, -0.2) is 36.7 Å². The fourth-order valence-corrected chi connectivity index (χ4v) is 5.15. The van der Waals surface area contributed by atoms with Crippen molar-refractivity contribution in [1.29, 1.82) is 0 Å². The van der Waals surface area contributed by atoms with Gasteiger partial charge in [-0.25, -0.2) is 0 Å². The number of ether oxygens (including phenoxy) is 2. The number of nitrogens with zero attached hydrogens (tertiary/aromatic N) is 1. The Labute approximate surface area is 204 Å². The van der Waals surface area contributed by atoms with Crippen LogP contribution in [0.15, 0.2) is 72.8 Å². The Hall–Kier alpha value is -3.45. The maximum Gasteiger partial charge on any atom is 0.251 e. The molecule has 6 nitrogen and oxygen atoms in total. The van der Waals surface area contributed by atoms with Gasteiger partial charge in [-0.05, 0) is 47.9 Å². The first-order valence-corrected chi connectivity index (χ1v) is 12.1. The zero-order chi connectivity index (χ0) is 24.1. The zero-order valence-electron chi connectivity index (χ0n) is 19.5.